The van der Waals surface area contributed by atoms with Crippen LogP contribution in [0.1, 0.15) is 96.0 Å². The molecule has 1 aromatic carbocycles. The molecule has 1 aromatic rings. The lowest BCUT2D eigenvalue weighted by atomic mass is 9.84. The number of nitrogens with zero attached hydrogens (tertiary/aromatic N) is 1. The fourth-order valence-corrected chi connectivity index (χ4v) is 5.67. The molecule has 2 unspecified atom stereocenters. The normalized spacial score (nSPS) is 16.7. The molecule has 42 heavy (non-hydrogen) atoms. The first kappa shape index (κ1) is 33.2. The Bertz CT molecular complexity index is 1010. The SMILES string of the molecule is CCCCCCCOC(=O)NC(CC1CCCCC1)C(=O)NC(CCC(=O)N1CCOc2ccccc2C1)C(=O)OC. The lowest BCUT2D eigenvalue weighted by Gasteiger charge is -2.28. The average Bonchev–Trinajstić information content (AvgIpc) is 3.23. The van der Waals surface area contributed by atoms with Crippen molar-refractivity contribution < 1.29 is 33.4 Å². The van der Waals surface area contributed by atoms with Gasteiger partial charge in [0.2, 0.25) is 11.8 Å². The fourth-order valence-electron chi connectivity index (χ4n) is 5.67. The van der Waals surface area contributed by atoms with Crippen molar-refractivity contribution in [1.29, 1.82) is 0 Å². The van der Waals surface area contributed by atoms with Crippen molar-refractivity contribution in [2.24, 2.45) is 5.92 Å². The van der Waals surface area contributed by atoms with Crippen molar-refractivity contribution >= 4 is 23.9 Å². The third-order valence-corrected chi connectivity index (χ3v) is 8.14. The summed E-state index contributed by atoms with van der Waals surface area (Å²) in [6.45, 7) is 3.67. The maximum absolute atomic E-state index is 13.5. The molecule has 2 aliphatic rings. The van der Waals surface area contributed by atoms with E-state index in [4.69, 9.17) is 14.2 Å². The van der Waals surface area contributed by atoms with Crippen LogP contribution in [0.25, 0.3) is 0 Å². The van der Waals surface area contributed by atoms with Gasteiger partial charge in [0.05, 0.1) is 20.3 Å². The number of para-hydroxylation sites is 1. The fraction of sp³-hybridized carbons (Fsp3) is 0.688. The number of ether oxygens (including phenoxy) is 3. The zero-order chi connectivity index (χ0) is 30.2. The molecule has 0 bridgehead atoms. The van der Waals surface area contributed by atoms with Gasteiger partial charge >= 0.3 is 12.1 Å². The van der Waals surface area contributed by atoms with E-state index in [1.165, 1.54) is 13.5 Å². The quantitative estimate of drug-likeness (QED) is 0.221. The summed E-state index contributed by atoms with van der Waals surface area (Å²) in [6, 6.07) is 5.74. The van der Waals surface area contributed by atoms with Crippen LogP contribution in [0.2, 0.25) is 0 Å². The maximum Gasteiger partial charge on any atom is 0.407 e. The van der Waals surface area contributed by atoms with E-state index in [1.54, 1.807) is 4.90 Å². The predicted octanol–water partition coefficient (Wildman–Crippen LogP) is 4.88. The lowest BCUT2D eigenvalue weighted by molar-refractivity contribution is -0.146. The van der Waals surface area contributed by atoms with Crippen LogP contribution in [0.4, 0.5) is 4.79 Å². The van der Waals surface area contributed by atoms with Gasteiger partial charge in [-0.2, -0.15) is 0 Å². The second kappa shape index (κ2) is 18.3. The molecule has 1 aliphatic carbocycles. The summed E-state index contributed by atoms with van der Waals surface area (Å²) < 4.78 is 16.1. The Labute approximate surface area is 250 Å². The van der Waals surface area contributed by atoms with E-state index >= 15 is 0 Å². The maximum atomic E-state index is 13.5. The first-order valence-electron chi connectivity index (χ1n) is 15.7. The van der Waals surface area contributed by atoms with Gasteiger partial charge in [0.25, 0.3) is 0 Å². The number of benzene rings is 1. The Morgan fingerprint density at radius 2 is 1.76 bits per heavy atom. The van der Waals surface area contributed by atoms with E-state index in [0.29, 0.717) is 38.6 Å². The van der Waals surface area contributed by atoms with Gasteiger partial charge in [-0.15, -0.1) is 0 Å². The highest BCUT2D eigenvalue weighted by molar-refractivity contribution is 5.90. The summed E-state index contributed by atoms with van der Waals surface area (Å²) in [5, 5.41) is 5.51. The molecule has 0 aromatic heterocycles. The molecule has 0 spiro atoms. The molecule has 1 aliphatic heterocycles. The second-order valence-electron chi connectivity index (χ2n) is 11.4. The molecule has 3 amide bonds. The van der Waals surface area contributed by atoms with Crippen LogP contribution in [0.5, 0.6) is 5.75 Å². The monoisotopic (exact) mass is 587 g/mol. The van der Waals surface area contributed by atoms with Crippen LogP contribution in [0, 0.1) is 5.92 Å². The zero-order valence-corrected chi connectivity index (χ0v) is 25.4. The van der Waals surface area contributed by atoms with Gasteiger partial charge < -0.3 is 29.7 Å². The van der Waals surface area contributed by atoms with E-state index in [0.717, 1.165) is 69.1 Å². The minimum atomic E-state index is -1.02. The van der Waals surface area contributed by atoms with Gasteiger partial charge in [-0.05, 0) is 31.2 Å². The van der Waals surface area contributed by atoms with Gasteiger partial charge in [0, 0.05) is 18.5 Å². The summed E-state index contributed by atoms with van der Waals surface area (Å²) in [5.41, 5.74) is 0.922. The Hall–Kier alpha value is -3.30. The number of rotatable bonds is 15. The van der Waals surface area contributed by atoms with Crippen LogP contribution in [0.3, 0.4) is 0 Å². The van der Waals surface area contributed by atoms with Crippen molar-refractivity contribution in [3.8, 4) is 5.75 Å². The largest absolute Gasteiger partial charge is 0.491 e. The summed E-state index contributed by atoms with van der Waals surface area (Å²) in [6.07, 6.45) is 10.5. The highest BCUT2D eigenvalue weighted by Gasteiger charge is 2.31. The number of methoxy groups -OCH3 is 1. The number of carbonyl (C=O) groups excluding carboxylic acids is 4. The zero-order valence-electron chi connectivity index (χ0n) is 25.4. The first-order valence-corrected chi connectivity index (χ1v) is 15.7. The molecule has 3 rings (SSSR count). The van der Waals surface area contributed by atoms with Crippen molar-refractivity contribution in [3.05, 3.63) is 29.8 Å². The van der Waals surface area contributed by atoms with Gasteiger partial charge in [-0.25, -0.2) is 9.59 Å². The van der Waals surface area contributed by atoms with E-state index in [-0.39, 0.29) is 18.7 Å². The van der Waals surface area contributed by atoms with Gasteiger partial charge in [-0.3, -0.25) is 9.59 Å². The number of hydrogen-bond acceptors (Lipinski definition) is 7. The molecule has 10 nitrogen and oxygen atoms in total. The van der Waals surface area contributed by atoms with Crippen LogP contribution in [-0.2, 0) is 30.4 Å². The number of esters is 1. The van der Waals surface area contributed by atoms with Crippen molar-refractivity contribution in [2.75, 3.05) is 26.9 Å². The summed E-state index contributed by atoms with van der Waals surface area (Å²) >= 11 is 0. The predicted molar refractivity (Wildman–Crippen MR) is 159 cm³/mol. The Balaban J connectivity index is 1.58. The smallest absolute Gasteiger partial charge is 0.407 e. The van der Waals surface area contributed by atoms with Crippen LogP contribution >= 0.6 is 0 Å². The first-order chi connectivity index (χ1) is 20.4. The van der Waals surface area contributed by atoms with Crippen LogP contribution in [-0.4, -0.2) is 67.7 Å². The topological polar surface area (TPSA) is 123 Å². The molecule has 1 heterocycles. The molecule has 1 saturated carbocycles. The minimum Gasteiger partial charge on any atom is -0.491 e. The molecule has 0 radical (unpaired) electrons. The van der Waals surface area contributed by atoms with E-state index in [9.17, 15) is 19.2 Å². The molecule has 2 atom stereocenters. The number of alkyl carbamates (subject to hydrolysis) is 1. The number of unbranched alkanes of at least 4 members (excludes halogenated alkanes) is 4. The minimum absolute atomic E-state index is 0.0446. The Morgan fingerprint density at radius 1 is 1.00 bits per heavy atom. The summed E-state index contributed by atoms with van der Waals surface area (Å²) in [5.74, 6) is -0.181. The number of hydrogen-bond donors (Lipinski definition) is 2. The van der Waals surface area contributed by atoms with Gasteiger partial charge in [-0.1, -0.05) is 82.9 Å². The van der Waals surface area contributed by atoms with Crippen molar-refractivity contribution in [2.45, 2.75) is 109 Å². The standard InChI is InChI=1S/C32H49N3O7/c1-3-4-5-6-12-20-42-32(39)34-27(22-24-13-8-7-9-14-24)30(37)33-26(31(38)40-2)17-18-29(36)35-19-21-41-28-16-11-10-15-25(28)23-35/h10-11,15-16,24,26-27H,3-9,12-14,17-23H2,1-2H3,(H,33,37)(H,34,39). The molecule has 234 valence electrons. The van der Waals surface area contributed by atoms with E-state index in [2.05, 4.69) is 17.6 Å². The molecular weight excluding hydrogens is 538 g/mol. The van der Waals surface area contributed by atoms with Crippen molar-refractivity contribution in [1.82, 2.24) is 15.5 Å². The molecule has 0 saturated heterocycles. The van der Waals surface area contributed by atoms with Crippen LogP contribution < -0.4 is 15.4 Å². The molecular formula is C32H49N3O7. The van der Waals surface area contributed by atoms with Crippen LogP contribution in [0.15, 0.2) is 24.3 Å². The lowest BCUT2D eigenvalue weighted by Crippen LogP contribution is -2.52. The Kier molecular flexibility index (Phi) is 14.5. The molecule has 10 heteroatoms. The third kappa shape index (κ3) is 11.2. The molecule has 1 fully saturated rings. The number of amides is 3. The van der Waals surface area contributed by atoms with Gasteiger partial charge in [0.15, 0.2) is 0 Å². The number of fused-ring (bicyclic) bond motifs is 1. The number of carbonyl (C=O) groups is 4. The third-order valence-electron chi connectivity index (χ3n) is 8.14. The highest BCUT2D eigenvalue weighted by atomic mass is 16.5. The molecule has 2 N–H and O–H groups in total. The second-order valence-corrected chi connectivity index (χ2v) is 11.4. The van der Waals surface area contributed by atoms with Crippen molar-refractivity contribution in [3.63, 3.8) is 0 Å². The van der Waals surface area contributed by atoms with E-state index < -0.39 is 30.1 Å². The Morgan fingerprint density at radius 3 is 2.52 bits per heavy atom. The van der Waals surface area contributed by atoms with Gasteiger partial charge in [0.1, 0.15) is 24.4 Å². The summed E-state index contributed by atoms with van der Waals surface area (Å²) in [7, 11) is 1.25. The highest BCUT2D eigenvalue weighted by Crippen LogP contribution is 2.28. The number of nitrogens with one attached hydrogen (secondary N) is 2. The average molecular weight is 588 g/mol. The summed E-state index contributed by atoms with van der Waals surface area (Å²) in [4.78, 5) is 53.5. The van der Waals surface area contributed by atoms with E-state index in [1.807, 2.05) is 24.3 Å².